The second-order valence-corrected chi connectivity index (χ2v) is 4.49. The molecule has 0 aromatic carbocycles. The Hall–Kier alpha value is -0.970. The van der Waals surface area contributed by atoms with Crippen LogP contribution < -0.4 is 5.32 Å². The molecule has 0 fully saturated rings. The highest BCUT2D eigenvalue weighted by Gasteiger charge is 2.13. The topological polar surface area (TPSA) is 54.9 Å². The Morgan fingerprint density at radius 1 is 1.57 bits per heavy atom. The van der Waals surface area contributed by atoms with Gasteiger partial charge in [0.25, 0.3) is 0 Å². The second-order valence-electron chi connectivity index (χ2n) is 3.31. The SMILES string of the molecule is CCC[C@H](C)C(=O)Nc1nnc(C)s1. The average Bonchev–Trinajstić information content (AvgIpc) is 2.51. The van der Waals surface area contributed by atoms with E-state index in [9.17, 15) is 4.79 Å². The maximum absolute atomic E-state index is 11.5. The number of nitrogens with one attached hydrogen (secondary N) is 1. The van der Waals surface area contributed by atoms with Gasteiger partial charge in [-0.05, 0) is 13.3 Å². The van der Waals surface area contributed by atoms with Gasteiger partial charge in [-0.3, -0.25) is 4.79 Å². The first-order valence-electron chi connectivity index (χ1n) is 4.74. The largest absolute Gasteiger partial charge is 0.300 e. The van der Waals surface area contributed by atoms with Gasteiger partial charge in [-0.1, -0.05) is 31.6 Å². The van der Waals surface area contributed by atoms with E-state index in [2.05, 4.69) is 22.4 Å². The van der Waals surface area contributed by atoms with Gasteiger partial charge in [-0.15, -0.1) is 10.2 Å². The summed E-state index contributed by atoms with van der Waals surface area (Å²) in [6.45, 7) is 5.86. The fraction of sp³-hybridized carbons (Fsp3) is 0.667. The minimum atomic E-state index is 0.0306. The van der Waals surface area contributed by atoms with Crippen molar-refractivity contribution >= 4 is 22.4 Å². The number of carbonyl (C=O) groups is 1. The summed E-state index contributed by atoms with van der Waals surface area (Å²) >= 11 is 1.40. The quantitative estimate of drug-likeness (QED) is 0.834. The van der Waals surface area contributed by atoms with E-state index in [-0.39, 0.29) is 11.8 Å². The van der Waals surface area contributed by atoms with Crippen LogP contribution in [0.4, 0.5) is 5.13 Å². The summed E-state index contributed by atoms with van der Waals surface area (Å²) in [5.74, 6) is 0.0761. The molecular weight excluding hydrogens is 198 g/mol. The summed E-state index contributed by atoms with van der Waals surface area (Å²) < 4.78 is 0. The molecule has 0 unspecified atom stereocenters. The molecule has 5 heteroatoms. The smallest absolute Gasteiger partial charge is 0.229 e. The van der Waals surface area contributed by atoms with Gasteiger partial charge in [-0.2, -0.15) is 0 Å². The van der Waals surface area contributed by atoms with Crippen LogP contribution in [0.2, 0.25) is 0 Å². The molecule has 0 saturated carbocycles. The minimum Gasteiger partial charge on any atom is -0.300 e. The van der Waals surface area contributed by atoms with Crippen LogP contribution in [-0.4, -0.2) is 16.1 Å². The van der Waals surface area contributed by atoms with Crippen molar-refractivity contribution in [1.29, 1.82) is 0 Å². The van der Waals surface area contributed by atoms with Crippen molar-refractivity contribution in [3.05, 3.63) is 5.01 Å². The normalized spacial score (nSPS) is 12.5. The van der Waals surface area contributed by atoms with Crippen LogP contribution >= 0.6 is 11.3 Å². The van der Waals surface area contributed by atoms with Crippen LogP contribution in [0.15, 0.2) is 0 Å². The van der Waals surface area contributed by atoms with Gasteiger partial charge in [0.1, 0.15) is 5.01 Å². The standard InChI is InChI=1S/C9H15N3OS/c1-4-5-6(2)8(13)10-9-12-11-7(3)14-9/h6H,4-5H2,1-3H3,(H,10,12,13)/t6-/m0/s1. The molecule has 1 aromatic rings. The molecule has 1 heterocycles. The third-order valence-electron chi connectivity index (χ3n) is 1.93. The molecule has 0 aliphatic rings. The molecule has 1 N–H and O–H groups in total. The van der Waals surface area contributed by atoms with Crippen molar-refractivity contribution in [2.24, 2.45) is 5.92 Å². The van der Waals surface area contributed by atoms with Crippen molar-refractivity contribution in [2.75, 3.05) is 5.32 Å². The first-order valence-corrected chi connectivity index (χ1v) is 5.56. The van der Waals surface area contributed by atoms with Gasteiger partial charge >= 0.3 is 0 Å². The molecule has 78 valence electrons. The van der Waals surface area contributed by atoms with Crippen molar-refractivity contribution in [3.63, 3.8) is 0 Å². The summed E-state index contributed by atoms with van der Waals surface area (Å²) in [6.07, 6.45) is 1.92. The van der Waals surface area contributed by atoms with Gasteiger partial charge < -0.3 is 5.32 Å². The highest BCUT2D eigenvalue weighted by atomic mass is 32.1. The summed E-state index contributed by atoms with van der Waals surface area (Å²) in [4.78, 5) is 11.5. The number of hydrogen-bond donors (Lipinski definition) is 1. The van der Waals surface area contributed by atoms with Crippen molar-refractivity contribution in [3.8, 4) is 0 Å². The van der Waals surface area contributed by atoms with Crippen LogP contribution in [0, 0.1) is 12.8 Å². The average molecular weight is 213 g/mol. The Labute approximate surface area is 87.7 Å². The molecule has 1 aromatic heterocycles. The van der Waals surface area contributed by atoms with Gasteiger partial charge in [0.15, 0.2) is 0 Å². The first-order chi connectivity index (χ1) is 6.63. The van der Waals surface area contributed by atoms with Gasteiger partial charge in [-0.25, -0.2) is 0 Å². The molecule has 14 heavy (non-hydrogen) atoms. The van der Waals surface area contributed by atoms with E-state index in [1.807, 2.05) is 13.8 Å². The number of anilines is 1. The molecule has 1 rings (SSSR count). The molecule has 1 atom stereocenters. The van der Waals surface area contributed by atoms with E-state index < -0.39 is 0 Å². The van der Waals surface area contributed by atoms with E-state index in [4.69, 9.17) is 0 Å². The lowest BCUT2D eigenvalue weighted by Crippen LogP contribution is -2.20. The zero-order valence-electron chi connectivity index (χ0n) is 8.70. The maximum atomic E-state index is 11.5. The van der Waals surface area contributed by atoms with Crippen LogP contribution in [0.1, 0.15) is 31.7 Å². The van der Waals surface area contributed by atoms with E-state index in [1.54, 1.807) is 0 Å². The number of nitrogens with zero attached hydrogens (tertiary/aromatic N) is 2. The van der Waals surface area contributed by atoms with E-state index in [1.165, 1.54) is 11.3 Å². The summed E-state index contributed by atoms with van der Waals surface area (Å²) in [5.41, 5.74) is 0. The van der Waals surface area contributed by atoms with Gasteiger partial charge in [0.05, 0.1) is 0 Å². The lowest BCUT2D eigenvalue weighted by molar-refractivity contribution is -0.119. The number of rotatable bonds is 4. The van der Waals surface area contributed by atoms with Gasteiger partial charge in [0.2, 0.25) is 11.0 Å². The molecule has 1 amide bonds. The first kappa shape index (κ1) is 11.1. The van der Waals surface area contributed by atoms with Crippen LogP contribution in [-0.2, 0) is 4.79 Å². The number of carbonyl (C=O) groups excluding carboxylic acids is 1. The third kappa shape index (κ3) is 3.06. The zero-order valence-corrected chi connectivity index (χ0v) is 9.52. The minimum absolute atomic E-state index is 0.0306. The van der Waals surface area contributed by atoms with Crippen molar-refractivity contribution < 1.29 is 4.79 Å². The molecule has 0 saturated heterocycles. The Balaban J connectivity index is 2.48. The number of aryl methyl sites for hydroxylation is 1. The van der Waals surface area contributed by atoms with E-state index in [0.29, 0.717) is 5.13 Å². The Morgan fingerprint density at radius 2 is 2.29 bits per heavy atom. The molecule has 4 nitrogen and oxygen atoms in total. The second kappa shape index (κ2) is 5.05. The van der Waals surface area contributed by atoms with Crippen molar-refractivity contribution in [1.82, 2.24) is 10.2 Å². The lowest BCUT2D eigenvalue weighted by atomic mass is 10.1. The fourth-order valence-electron chi connectivity index (χ4n) is 1.14. The van der Waals surface area contributed by atoms with Crippen LogP contribution in [0.25, 0.3) is 0 Å². The summed E-state index contributed by atoms with van der Waals surface area (Å²) in [6, 6.07) is 0. The Morgan fingerprint density at radius 3 is 2.79 bits per heavy atom. The van der Waals surface area contributed by atoms with E-state index in [0.717, 1.165) is 17.8 Å². The monoisotopic (exact) mass is 213 g/mol. The Kier molecular flexibility index (Phi) is 4.00. The van der Waals surface area contributed by atoms with E-state index >= 15 is 0 Å². The highest BCUT2D eigenvalue weighted by molar-refractivity contribution is 7.15. The Bertz CT molecular complexity index is 311. The van der Waals surface area contributed by atoms with Crippen LogP contribution in [0.5, 0.6) is 0 Å². The van der Waals surface area contributed by atoms with Crippen LogP contribution in [0.3, 0.4) is 0 Å². The molecule has 0 bridgehead atoms. The third-order valence-corrected chi connectivity index (χ3v) is 2.68. The van der Waals surface area contributed by atoms with Gasteiger partial charge in [0, 0.05) is 5.92 Å². The maximum Gasteiger partial charge on any atom is 0.229 e. The molecule has 0 aliphatic heterocycles. The highest BCUT2D eigenvalue weighted by Crippen LogP contribution is 2.15. The number of hydrogen-bond acceptors (Lipinski definition) is 4. The lowest BCUT2D eigenvalue weighted by Gasteiger charge is -2.07. The zero-order chi connectivity index (χ0) is 10.6. The molecule has 0 spiro atoms. The predicted octanol–water partition coefficient (Wildman–Crippen LogP) is 2.22. The molecule has 0 aliphatic carbocycles. The summed E-state index contributed by atoms with van der Waals surface area (Å²) in [7, 11) is 0. The molecule has 0 radical (unpaired) electrons. The fourth-order valence-corrected chi connectivity index (χ4v) is 1.73. The summed E-state index contributed by atoms with van der Waals surface area (Å²) in [5, 5.41) is 11.9. The van der Waals surface area contributed by atoms with Crippen molar-refractivity contribution in [2.45, 2.75) is 33.6 Å². The number of aromatic nitrogens is 2. The number of amides is 1. The predicted molar refractivity (Wildman–Crippen MR) is 57.3 cm³/mol. The molecular formula is C9H15N3OS.